The number of alkyl carbamates (subject to hydrolysis) is 1. The molecule has 3 rings (SSSR count). The van der Waals surface area contributed by atoms with Gasteiger partial charge >= 0.3 is 6.09 Å². The molecule has 0 aliphatic rings. The predicted octanol–water partition coefficient (Wildman–Crippen LogP) is 4.33. The summed E-state index contributed by atoms with van der Waals surface area (Å²) >= 11 is 0. The van der Waals surface area contributed by atoms with Crippen LogP contribution in [0.2, 0.25) is 0 Å². The van der Waals surface area contributed by atoms with Crippen LogP contribution in [0.5, 0.6) is 0 Å². The van der Waals surface area contributed by atoms with E-state index >= 15 is 0 Å². The van der Waals surface area contributed by atoms with E-state index in [1.165, 1.54) is 0 Å². The Morgan fingerprint density at radius 2 is 1.54 bits per heavy atom. The number of benzene rings is 3. The highest BCUT2D eigenvalue weighted by atomic mass is 16.5. The molecule has 5 nitrogen and oxygen atoms in total. The third-order valence-electron chi connectivity index (χ3n) is 4.59. The lowest BCUT2D eigenvalue weighted by molar-refractivity contribution is -0.123. The van der Waals surface area contributed by atoms with E-state index in [-0.39, 0.29) is 18.6 Å². The van der Waals surface area contributed by atoms with Gasteiger partial charge in [-0.15, -0.1) is 0 Å². The molecule has 0 aliphatic heterocycles. The Morgan fingerprint density at radius 1 is 0.857 bits per heavy atom. The summed E-state index contributed by atoms with van der Waals surface area (Å²) in [6.45, 7) is 3.72. The van der Waals surface area contributed by atoms with E-state index in [1.807, 2.05) is 79.7 Å². The van der Waals surface area contributed by atoms with Crippen LogP contribution in [0.25, 0.3) is 10.8 Å². The van der Waals surface area contributed by atoms with Gasteiger partial charge in [0.05, 0.1) is 6.04 Å². The molecular formula is C23H24N2O3. The Bertz CT molecular complexity index is 951. The largest absolute Gasteiger partial charge is 0.445 e. The van der Waals surface area contributed by atoms with Gasteiger partial charge in [0.1, 0.15) is 12.6 Å². The maximum atomic E-state index is 12.5. The molecule has 0 saturated heterocycles. The topological polar surface area (TPSA) is 67.4 Å². The molecule has 0 bridgehead atoms. The number of fused-ring (bicyclic) bond motifs is 1. The van der Waals surface area contributed by atoms with Gasteiger partial charge in [0.25, 0.3) is 0 Å². The molecule has 144 valence electrons. The van der Waals surface area contributed by atoms with Gasteiger partial charge in [0.2, 0.25) is 5.91 Å². The molecule has 5 heteroatoms. The molecule has 3 aromatic rings. The second-order valence-electron chi connectivity index (χ2n) is 6.73. The van der Waals surface area contributed by atoms with Crippen LogP contribution >= 0.6 is 0 Å². The summed E-state index contributed by atoms with van der Waals surface area (Å²) in [7, 11) is 0. The smallest absolute Gasteiger partial charge is 0.408 e. The van der Waals surface area contributed by atoms with Crippen molar-refractivity contribution in [3.63, 3.8) is 0 Å². The quantitative estimate of drug-likeness (QED) is 0.673. The molecule has 0 fully saturated rings. The molecule has 0 heterocycles. The number of amides is 2. The van der Waals surface area contributed by atoms with Crippen molar-refractivity contribution < 1.29 is 14.3 Å². The SMILES string of the molecule is C[C@H](NC(=O)OCc1ccccc1)C(=O)N[C@H](C)c1cccc2ccccc12. The summed E-state index contributed by atoms with van der Waals surface area (Å²) in [6.07, 6.45) is -0.621. The molecule has 2 N–H and O–H groups in total. The van der Waals surface area contributed by atoms with E-state index in [0.29, 0.717) is 0 Å². The van der Waals surface area contributed by atoms with Crippen LogP contribution in [0.15, 0.2) is 72.8 Å². The van der Waals surface area contributed by atoms with Crippen molar-refractivity contribution in [2.75, 3.05) is 0 Å². The normalized spacial score (nSPS) is 12.8. The summed E-state index contributed by atoms with van der Waals surface area (Å²) in [5.41, 5.74) is 1.92. The summed E-state index contributed by atoms with van der Waals surface area (Å²) in [6, 6.07) is 22.6. The van der Waals surface area contributed by atoms with Gasteiger partial charge in [0, 0.05) is 0 Å². The fourth-order valence-electron chi connectivity index (χ4n) is 3.05. The minimum Gasteiger partial charge on any atom is -0.445 e. The van der Waals surface area contributed by atoms with Crippen molar-refractivity contribution in [2.45, 2.75) is 32.5 Å². The van der Waals surface area contributed by atoms with Crippen molar-refractivity contribution in [2.24, 2.45) is 0 Å². The second kappa shape index (κ2) is 9.04. The van der Waals surface area contributed by atoms with E-state index in [4.69, 9.17) is 4.74 Å². The molecule has 2 amide bonds. The average Bonchev–Trinajstić information content (AvgIpc) is 2.72. The number of hydrogen-bond donors (Lipinski definition) is 2. The molecule has 0 radical (unpaired) electrons. The van der Waals surface area contributed by atoms with Crippen LogP contribution in [-0.2, 0) is 16.1 Å². The monoisotopic (exact) mass is 376 g/mol. The van der Waals surface area contributed by atoms with Crippen molar-refractivity contribution in [1.29, 1.82) is 0 Å². The lowest BCUT2D eigenvalue weighted by Gasteiger charge is -2.20. The molecule has 0 aromatic heterocycles. The first kappa shape index (κ1) is 19.4. The first-order valence-electron chi connectivity index (χ1n) is 9.30. The van der Waals surface area contributed by atoms with E-state index in [2.05, 4.69) is 10.6 Å². The first-order chi connectivity index (χ1) is 13.5. The van der Waals surface area contributed by atoms with E-state index in [9.17, 15) is 9.59 Å². The Hall–Kier alpha value is -3.34. The van der Waals surface area contributed by atoms with Crippen molar-refractivity contribution >= 4 is 22.8 Å². The molecule has 2 atom stereocenters. The van der Waals surface area contributed by atoms with Crippen LogP contribution in [0.1, 0.15) is 31.0 Å². The van der Waals surface area contributed by atoms with Crippen LogP contribution in [0, 0.1) is 0 Å². The Labute approximate surface area is 164 Å². The number of nitrogens with one attached hydrogen (secondary N) is 2. The summed E-state index contributed by atoms with van der Waals surface area (Å²) in [4.78, 5) is 24.4. The molecule has 0 saturated carbocycles. The predicted molar refractivity (Wildman–Crippen MR) is 110 cm³/mol. The highest BCUT2D eigenvalue weighted by Crippen LogP contribution is 2.24. The number of hydrogen-bond acceptors (Lipinski definition) is 3. The third kappa shape index (κ3) is 4.88. The van der Waals surface area contributed by atoms with Gasteiger partial charge in [-0.25, -0.2) is 4.79 Å². The Morgan fingerprint density at radius 3 is 2.32 bits per heavy atom. The zero-order valence-corrected chi connectivity index (χ0v) is 16.0. The fraction of sp³-hybridized carbons (Fsp3) is 0.217. The highest BCUT2D eigenvalue weighted by molar-refractivity contribution is 5.88. The summed E-state index contributed by atoms with van der Waals surface area (Å²) in [5, 5.41) is 7.75. The third-order valence-corrected chi connectivity index (χ3v) is 4.59. The zero-order valence-electron chi connectivity index (χ0n) is 16.0. The van der Waals surface area contributed by atoms with Gasteiger partial charge in [-0.1, -0.05) is 72.8 Å². The summed E-state index contributed by atoms with van der Waals surface area (Å²) < 4.78 is 5.17. The van der Waals surface area contributed by atoms with Crippen molar-refractivity contribution in [3.05, 3.63) is 83.9 Å². The second-order valence-corrected chi connectivity index (χ2v) is 6.73. The van der Waals surface area contributed by atoms with Gasteiger partial charge in [-0.05, 0) is 35.7 Å². The maximum absolute atomic E-state index is 12.5. The molecule has 28 heavy (non-hydrogen) atoms. The van der Waals surface area contributed by atoms with Gasteiger partial charge in [-0.3, -0.25) is 4.79 Å². The number of carbonyl (C=O) groups is 2. The van der Waals surface area contributed by atoms with Crippen molar-refractivity contribution in [3.8, 4) is 0 Å². The van der Waals surface area contributed by atoms with Crippen LogP contribution < -0.4 is 10.6 Å². The fourth-order valence-corrected chi connectivity index (χ4v) is 3.05. The minimum absolute atomic E-state index is 0.160. The van der Waals surface area contributed by atoms with E-state index in [0.717, 1.165) is 21.9 Å². The molecule has 0 unspecified atom stereocenters. The first-order valence-corrected chi connectivity index (χ1v) is 9.30. The van der Waals surface area contributed by atoms with Gasteiger partial charge < -0.3 is 15.4 Å². The highest BCUT2D eigenvalue weighted by Gasteiger charge is 2.19. The molecule has 0 aliphatic carbocycles. The van der Waals surface area contributed by atoms with E-state index in [1.54, 1.807) is 6.92 Å². The van der Waals surface area contributed by atoms with Gasteiger partial charge in [0.15, 0.2) is 0 Å². The number of rotatable bonds is 6. The van der Waals surface area contributed by atoms with Crippen LogP contribution in [0.4, 0.5) is 4.79 Å². The van der Waals surface area contributed by atoms with Crippen LogP contribution in [0.3, 0.4) is 0 Å². The van der Waals surface area contributed by atoms with Gasteiger partial charge in [-0.2, -0.15) is 0 Å². The standard InChI is InChI=1S/C23H24N2O3/c1-16(20-14-8-12-19-11-6-7-13-21(19)20)24-22(26)17(2)25-23(27)28-15-18-9-4-3-5-10-18/h3-14,16-17H,15H2,1-2H3,(H,24,26)(H,25,27)/t16-,17+/m1/s1. The minimum atomic E-state index is -0.708. The van der Waals surface area contributed by atoms with E-state index < -0.39 is 12.1 Å². The van der Waals surface area contributed by atoms with Crippen molar-refractivity contribution in [1.82, 2.24) is 10.6 Å². The zero-order chi connectivity index (χ0) is 19.9. The van der Waals surface area contributed by atoms with Crippen LogP contribution in [-0.4, -0.2) is 18.0 Å². The molecule has 0 spiro atoms. The molecule has 3 aromatic carbocycles. The Kier molecular flexibility index (Phi) is 6.27. The maximum Gasteiger partial charge on any atom is 0.408 e. The lowest BCUT2D eigenvalue weighted by atomic mass is 9.99. The average molecular weight is 376 g/mol. The Balaban J connectivity index is 1.55. The lowest BCUT2D eigenvalue weighted by Crippen LogP contribution is -2.45. The number of ether oxygens (including phenoxy) is 1. The summed E-state index contributed by atoms with van der Waals surface area (Å²) in [5.74, 6) is -0.267. The molecular weight excluding hydrogens is 352 g/mol. The number of carbonyl (C=O) groups excluding carboxylic acids is 2.